The molecule has 49 heavy (non-hydrogen) atoms. The lowest BCUT2D eigenvalue weighted by atomic mass is 9.76. The maximum Gasteiger partial charge on any atom is 0.408 e. The number of aliphatic carboxylic acids is 1. The Kier molecular flexibility index (Phi) is 11.6. The lowest BCUT2D eigenvalue weighted by Gasteiger charge is -2.35. The first-order valence-corrected chi connectivity index (χ1v) is 17.4. The molecular weight excluding hydrogens is 646 g/mol. The van der Waals surface area contributed by atoms with Gasteiger partial charge in [-0.15, -0.1) is 0 Å². The smallest absolute Gasteiger partial charge is 0.408 e. The van der Waals surface area contributed by atoms with Gasteiger partial charge in [-0.3, -0.25) is 14.4 Å². The molecule has 2 unspecified atom stereocenters. The van der Waals surface area contributed by atoms with Crippen LogP contribution >= 0.6 is 11.6 Å². The van der Waals surface area contributed by atoms with E-state index in [2.05, 4.69) is 16.0 Å². The Labute approximate surface area is 291 Å². The van der Waals surface area contributed by atoms with Crippen LogP contribution in [0.15, 0.2) is 66.7 Å². The molecule has 0 radical (unpaired) electrons. The van der Waals surface area contributed by atoms with Crippen molar-refractivity contribution in [2.75, 3.05) is 6.54 Å². The predicted octanol–water partition coefficient (Wildman–Crippen LogP) is 6.24. The number of carbonyl (C=O) groups is 5. The second-order valence-electron chi connectivity index (χ2n) is 13.8. The molecule has 0 bridgehead atoms. The van der Waals surface area contributed by atoms with E-state index < -0.39 is 53.3 Å². The number of carbonyl (C=O) groups excluding carboxylic acids is 4. The number of ether oxygens (including phenoxy) is 1. The second-order valence-corrected chi connectivity index (χ2v) is 14.2. The number of ketones is 1. The zero-order valence-corrected chi connectivity index (χ0v) is 28.6. The number of carboxylic acids is 1. The summed E-state index contributed by atoms with van der Waals surface area (Å²) in [6, 6.07) is 18.6. The van der Waals surface area contributed by atoms with E-state index >= 15 is 0 Å². The largest absolute Gasteiger partial charge is 0.475 e. The fraction of sp³-hybridized carbons (Fsp3) is 0.447. The Bertz CT molecular complexity index is 1700. The molecule has 2 fully saturated rings. The normalized spacial score (nSPS) is 18.6. The van der Waals surface area contributed by atoms with Crippen LogP contribution in [0, 0.1) is 11.8 Å². The van der Waals surface area contributed by atoms with Gasteiger partial charge in [-0.25, -0.2) is 9.59 Å². The van der Waals surface area contributed by atoms with E-state index in [1.54, 1.807) is 6.07 Å². The number of benzene rings is 3. The summed E-state index contributed by atoms with van der Waals surface area (Å²) in [5.74, 6) is -4.39. The molecule has 11 heteroatoms. The molecule has 1 aliphatic carbocycles. The van der Waals surface area contributed by atoms with Crippen LogP contribution in [0.3, 0.4) is 0 Å². The first-order chi connectivity index (χ1) is 23.4. The summed E-state index contributed by atoms with van der Waals surface area (Å²) in [4.78, 5) is 64.4. The molecule has 5 rings (SSSR count). The minimum Gasteiger partial charge on any atom is -0.475 e. The van der Waals surface area contributed by atoms with Crippen LogP contribution in [0.25, 0.3) is 10.8 Å². The summed E-state index contributed by atoms with van der Waals surface area (Å²) in [7, 11) is 0. The summed E-state index contributed by atoms with van der Waals surface area (Å²) in [6.07, 6.45) is 3.76. The van der Waals surface area contributed by atoms with Crippen molar-refractivity contribution in [3.05, 3.63) is 82.9 Å². The number of fused-ring (bicyclic) bond motifs is 1. The van der Waals surface area contributed by atoms with Gasteiger partial charge in [0, 0.05) is 22.9 Å². The highest BCUT2D eigenvalue weighted by molar-refractivity contribution is 6.35. The molecule has 3 aromatic carbocycles. The average Bonchev–Trinajstić information content (AvgIpc) is 3.50. The first kappa shape index (κ1) is 35.9. The Morgan fingerprint density at radius 2 is 1.63 bits per heavy atom. The van der Waals surface area contributed by atoms with Gasteiger partial charge in [0.15, 0.2) is 0 Å². The zero-order valence-electron chi connectivity index (χ0n) is 27.9. The van der Waals surface area contributed by atoms with Gasteiger partial charge in [-0.2, -0.15) is 0 Å². The Hall–Kier alpha value is -4.44. The van der Waals surface area contributed by atoms with Crippen LogP contribution in [0.1, 0.15) is 82.4 Å². The molecule has 0 spiro atoms. The van der Waals surface area contributed by atoms with E-state index in [9.17, 15) is 29.1 Å². The number of nitrogens with one attached hydrogen (secondary N) is 3. The summed E-state index contributed by atoms with van der Waals surface area (Å²) in [6.45, 7) is 4.33. The standard InChI is InChI=1S/C38H44ClN3O7/c1-38(2,28-13-8-14-29(39)22-28)33(26-16-15-24-11-6-7-12-25(24)20-26)49-37(48)42-31(19-23-9-4-3-5-10-23)35(45)41-30(32(43)36(46)47)21-27-17-18-40-34(27)44/h6-8,11-16,20,22-23,27,30-31,33H,3-5,9-10,17-19,21H2,1-2H3,(H,40,44)(H,41,45)(H,42,48)(H,46,47)/t27-,30?,31-,33?/m0/s1. The van der Waals surface area contributed by atoms with Crippen LogP contribution < -0.4 is 16.0 Å². The highest BCUT2D eigenvalue weighted by atomic mass is 35.5. The van der Waals surface area contributed by atoms with Gasteiger partial charge in [0.1, 0.15) is 12.1 Å². The van der Waals surface area contributed by atoms with Gasteiger partial charge in [0.05, 0.1) is 6.04 Å². The van der Waals surface area contributed by atoms with E-state index in [0.29, 0.717) is 18.0 Å². The fourth-order valence-electron chi connectivity index (χ4n) is 7.12. The topological polar surface area (TPSA) is 151 Å². The Morgan fingerprint density at radius 3 is 2.31 bits per heavy atom. The van der Waals surface area contributed by atoms with Crippen LogP contribution in [0.4, 0.5) is 4.79 Å². The quantitative estimate of drug-likeness (QED) is 0.155. The van der Waals surface area contributed by atoms with Gasteiger partial charge in [0.25, 0.3) is 5.78 Å². The zero-order chi connectivity index (χ0) is 35.1. The number of hydrogen-bond donors (Lipinski definition) is 4. The van der Waals surface area contributed by atoms with Gasteiger partial charge in [-0.1, -0.05) is 106 Å². The minimum atomic E-state index is -1.71. The van der Waals surface area contributed by atoms with Crippen LogP contribution in [0.5, 0.6) is 0 Å². The predicted molar refractivity (Wildman–Crippen MR) is 186 cm³/mol. The van der Waals surface area contributed by atoms with E-state index in [4.69, 9.17) is 16.3 Å². The molecule has 10 nitrogen and oxygen atoms in total. The molecule has 1 saturated carbocycles. The molecule has 260 valence electrons. The first-order valence-electron chi connectivity index (χ1n) is 17.0. The SMILES string of the molecule is CC(C)(c1cccc(Cl)c1)C(OC(=O)N[C@@H](CC1CCCCC1)C(=O)NC(C[C@@H]1CCNC1=O)C(=O)C(=O)O)c1ccc2ccccc2c1. The van der Waals surface area contributed by atoms with Gasteiger partial charge >= 0.3 is 12.1 Å². The van der Waals surface area contributed by atoms with Crippen LogP contribution in [-0.4, -0.2) is 53.4 Å². The van der Waals surface area contributed by atoms with Gasteiger partial charge in [-0.05, 0) is 65.3 Å². The Morgan fingerprint density at radius 1 is 0.898 bits per heavy atom. The van der Waals surface area contributed by atoms with E-state index in [1.807, 2.05) is 74.5 Å². The molecule has 4 N–H and O–H groups in total. The van der Waals surface area contributed by atoms with Crippen molar-refractivity contribution in [3.63, 3.8) is 0 Å². The number of halogens is 1. The third-order valence-corrected chi connectivity index (χ3v) is 10.2. The third kappa shape index (κ3) is 8.97. The number of alkyl carbamates (subject to hydrolysis) is 1. The van der Waals surface area contributed by atoms with Gasteiger partial charge in [0.2, 0.25) is 11.8 Å². The van der Waals surface area contributed by atoms with E-state index in [0.717, 1.165) is 54.0 Å². The van der Waals surface area contributed by atoms with Crippen molar-refractivity contribution in [2.45, 2.75) is 88.8 Å². The minimum absolute atomic E-state index is 0.137. The molecule has 3 amide bonds. The molecule has 1 aliphatic heterocycles. The lowest BCUT2D eigenvalue weighted by molar-refractivity contribution is -0.151. The molecule has 2 aliphatic rings. The van der Waals surface area contributed by atoms with Crippen molar-refractivity contribution in [3.8, 4) is 0 Å². The second kappa shape index (κ2) is 15.8. The molecule has 3 aromatic rings. The van der Waals surface area contributed by atoms with Crippen molar-refractivity contribution < 1.29 is 33.8 Å². The summed E-state index contributed by atoms with van der Waals surface area (Å²) < 4.78 is 6.24. The number of rotatable bonds is 13. The Balaban J connectivity index is 1.42. The summed E-state index contributed by atoms with van der Waals surface area (Å²) in [5, 5.41) is 20.1. The monoisotopic (exact) mass is 689 g/mol. The number of hydrogen-bond acceptors (Lipinski definition) is 6. The van der Waals surface area contributed by atoms with Crippen LogP contribution in [-0.2, 0) is 29.3 Å². The van der Waals surface area contributed by atoms with Crippen LogP contribution in [0.2, 0.25) is 5.02 Å². The van der Waals surface area contributed by atoms with E-state index in [-0.39, 0.29) is 24.7 Å². The summed E-state index contributed by atoms with van der Waals surface area (Å²) >= 11 is 6.38. The molecule has 1 heterocycles. The molecule has 1 saturated heterocycles. The third-order valence-electron chi connectivity index (χ3n) is 9.95. The lowest BCUT2D eigenvalue weighted by Crippen LogP contribution is -2.54. The molecule has 4 atom stereocenters. The number of Topliss-reactive ketones (excluding diaryl/α,β-unsaturated/α-hetero) is 1. The maximum absolute atomic E-state index is 13.9. The summed E-state index contributed by atoms with van der Waals surface area (Å²) in [5.41, 5.74) is 0.814. The molecule has 0 aromatic heterocycles. The van der Waals surface area contributed by atoms with E-state index in [1.165, 1.54) is 0 Å². The van der Waals surface area contributed by atoms with Crippen molar-refractivity contribution in [2.24, 2.45) is 11.8 Å². The highest BCUT2D eigenvalue weighted by Crippen LogP contribution is 2.41. The van der Waals surface area contributed by atoms with Crippen molar-refractivity contribution in [1.82, 2.24) is 16.0 Å². The highest BCUT2D eigenvalue weighted by Gasteiger charge is 2.39. The number of amides is 3. The van der Waals surface area contributed by atoms with Gasteiger partial charge < -0.3 is 25.8 Å². The van der Waals surface area contributed by atoms with Crippen molar-refractivity contribution >= 4 is 52.0 Å². The maximum atomic E-state index is 13.9. The number of carboxylic acid groups (broad SMARTS) is 1. The average molecular weight is 690 g/mol. The van der Waals surface area contributed by atoms with Crippen molar-refractivity contribution in [1.29, 1.82) is 0 Å². The molecular formula is C38H44ClN3O7. The fourth-order valence-corrected chi connectivity index (χ4v) is 7.31.